The van der Waals surface area contributed by atoms with Crippen molar-refractivity contribution >= 4 is 137 Å². The van der Waals surface area contributed by atoms with Crippen LogP contribution in [0, 0.1) is 0 Å². The van der Waals surface area contributed by atoms with Gasteiger partial charge in [-0.2, -0.15) is 0 Å². The lowest BCUT2D eigenvalue weighted by Crippen LogP contribution is -2.75. The molecule has 3 nitrogen and oxygen atoms in total. The number of anilines is 6. The van der Waals surface area contributed by atoms with Crippen LogP contribution < -0.4 is 67.7 Å². The van der Waals surface area contributed by atoms with Gasteiger partial charge in [0.1, 0.15) is 0 Å². The molecule has 1 aromatic heterocycles. The van der Waals surface area contributed by atoms with Crippen molar-refractivity contribution in [3.05, 3.63) is 388 Å². The van der Waals surface area contributed by atoms with Crippen LogP contribution >= 0.6 is 0 Å². The van der Waals surface area contributed by atoms with Crippen LogP contribution in [-0.2, 0) is 0 Å². The lowest BCUT2D eigenvalue weighted by Gasteiger charge is -2.46. The SMILES string of the molecule is c1ccc(-c2ccc(N3c4cc(-n5c6ccccc6c6ccccc65)cc5c4B(c4ccc([Si](c6ccccc6)(c6ccccc6)c6ccccc6)cc4N5c4cccc([Si](c5ccccc5)(c5ccccc5)c5ccccc5)c4)c4cccc(-c5ccccc5)c43)cc2)cc1. The maximum absolute atomic E-state index is 3.14. The third-order valence-electron chi connectivity index (χ3n) is 20.4. The number of rotatable bonds is 13. The van der Waals surface area contributed by atoms with E-state index >= 15 is 0 Å². The normalized spacial score (nSPS) is 12.5. The molecule has 0 amide bonds. The van der Waals surface area contributed by atoms with Crippen LogP contribution in [0.15, 0.2) is 388 Å². The smallest absolute Gasteiger partial charge is 0.252 e. The fourth-order valence-corrected chi connectivity index (χ4v) is 26.0. The zero-order chi connectivity index (χ0) is 63.6. The highest BCUT2D eigenvalue weighted by atomic mass is 28.3. The minimum absolute atomic E-state index is 0.197. The first-order valence-corrected chi connectivity index (χ1v) is 37.3. The highest BCUT2D eigenvalue weighted by Crippen LogP contribution is 2.49. The number of aromatic nitrogens is 1. The van der Waals surface area contributed by atoms with Gasteiger partial charge < -0.3 is 14.4 Å². The van der Waals surface area contributed by atoms with Crippen molar-refractivity contribution in [3.63, 3.8) is 0 Å². The van der Waals surface area contributed by atoms with E-state index in [1.165, 1.54) is 96.6 Å². The quantitative estimate of drug-likeness (QED) is 0.0842. The maximum Gasteiger partial charge on any atom is 0.252 e. The highest BCUT2D eigenvalue weighted by Gasteiger charge is 2.48. The van der Waals surface area contributed by atoms with Crippen LogP contribution in [0.2, 0.25) is 0 Å². The van der Waals surface area contributed by atoms with Crippen molar-refractivity contribution in [1.29, 1.82) is 0 Å². The third kappa shape index (κ3) is 9.01. The van der Waals surface area contributed by atoms with Gasteiger partial charge in [0, 0.05) is 50.5 Å². The Morgan fingerprint density at radius 2 is 0.625 bits per heavy atom. The summed E-state index contributed by atoms with van der Waals surface area (Å²) >= 11 is 0. The summed E-state index contributed by atoms with van der Waals surface area (Å²) in [7, 11) is -6.23. The molecule has 2 aliphatic rings. The number of benzene rings is 15. The minimum Gasteiger partial charge on any atom is -0.311 e. The molecule has 16 aromatic rings. The average molecular weight is 1250 g/mol. The fraction of sp³-hybridized carbons (Fsp3) is 0. The van der Waals surface area contributed by atoms with Gasteiger partial charge in [-0.3, -0.25) is 0 Å². The Kier molecular flexibility index (Phi) is 14.0. The molecule has 0 saturated heterocycles. The molecule has 450 valence electrons. The summed E-state index contributed by atoms with van der Waals surface area (Å²) in [5.74, 6) is 0. The summed E-state index contributed by atoms with van der Waals surface area (Å²) in [6.07, 6.45) is 0. The summed E-state index contributed by atoms with van der Waals surface area (Å²) in [6.45, 7) is -0.197. The summed E-state index contributed by atoms with van der Waals surface area (Å²) in [4.78, 5) is 5.31. The van der Waals surface area contributed by atoms with Crippen molar-refractivity contribution in [2.24, 2.45) is 0 Å². The predicted octanol–water partition coefficient (Wildman–Crippen LogP) is 15.0. The molecule has 0 bridgehead atoms. The van der Waals surface area contributed by atoms with Gasteiger partial charge in [0.05, 0.1) is 16.7 Å². The summed E-state index contributed by atoms with van der Waals surface area (Å²) in [5, 5.41) is 13.0. The Labute approximate surface area is 563 Å². The van der Waals surface area contributed by atoms with Crippen molar-refractivity contribution in [2.45, 2.75) is 0 Å². The van der Waals surface area contributed by atoms with Gasteiger partial charge in [0.2, 0.25) is 0 Å². The van der Waals surface area contributed by atoms with Gasteiger partial charge in [-0.1, -0.05) is 334 Å². The highest BCUT2D eigenvalue weighted by molar-refractivity contribution is 7.20. The van der Waals surface area contributed by atoms with Crippen LogP contribution in [0.4, 0.5) is 34.1 Å². The molecular formula is C90H64BN3Si2. The first-order valence-electron chi connectivity index (χ1n) is 33.3. The van der Waals surface area contributed by atoms with E-state index < -0.39 is 16.1 Å². The number of nitrogens with zero attached hydrogens (tertiary/aromatic N) is 3. The van der Waals surface area contributed by atoms with Gasteiger partial charge in [0.15, 0.2) is 16.1 Å². The molecule has 0 N–H and O–H groups in total. The maximum atomic E-state index is 2.69. The molecule has 96 heavy (non-hydrogen) atoms. The number of para-hydroxylation sites is 3. The van der Waals surface area contributed by atoms with Crippen LogP contribution in [0.1, 0.15) is 0 Å². The Hall–Kier alpha value is -11.8. The lowest BCUT2D eigenvalue weighted by molar-refractivity contribution is 1.16. The van der Waals surface area contributed by atoms with E-state index in [1.54, 1.807) is 0 Å². The van der Waals surface area contributed by atoms with E-state index in [1.807, 2.05) is 0 Å². The second-order valence-corrected chi connectivity index (χ2v) is 33.0. The largest absolute Gasteiger partial charge is 0.311 e. The van der Waals surface area contributed by atoms with Crippen molar-refractivity contribution in [3.8, 4) is 27.9 Å². The Balaban J connectivity index is 1.00. The first-order chi connectivity index (χ1) is 47.7. The van der Waals surface area contributed by atoms with Gasteiger partial charge >= 0.3 is 0 Å². The Bertz CT molecular complexity index is 5280. The molecule has 0 fully saturated rings. The van der Waals surface area contributed by atoms with Crippen LogP contribution in [0.5, 0.6) is 0 Å². The van der Waals surface area contributed by atoms with Crippen LogP contribution in [0.3, 0.4) is 0 Å². The summed E-state index contributed by atoms with van der Waals surface area (Å²) < 4.78 is 2.53. The average Bonchev–Trinajstić information content (AvgIpc) is 0.766. The van der Waals surface area contributed by atoms with Gasteiger partial charge in [-0.15, -0.1) is 0 Å². The molecule has 0 atom stereocenters. The van der Waals surface area contributed by atoms with Crippen molar-refractivity contribution in [1.82, 2.24) is 4.57 Å². The van der Waals surface area contributed by atoms with Crippen LogP contribution in [-0.4, -0.2) is 27.4 Å². The number of hydrogen-bond acceptors (Lipinski definition) is 2. The molecule has 18 rings (SSSR count). The zero-order valence-electron chi connectivity index (χ0n) is 52.9. The lowest BCUT2D eigenvalue weighted by atomic mass is 9.33. The monoisotopic (exact) mass is 1250 g/mol. The van der Waals surface area contributed by atoms with Gasteiger partial charge in [-0.05, 0) is 129 Å². The molecule has 0 aliphatic carbocycles. The second-order valence-electron chi connectivity index (χ2n) is 25.4. The minimum atomic E-state index is -3.14. The topological polar surface area (TPSA) is 11.4 Å². The molecule has 0 radical (unpaired) electrons. The summed E-state index contributed by atoms with van der Waals surface area (Å²) in [6, 6.07) is 147. The molecule has 0 spiro atoms. The molecule has 3 heterocycles. The van der Waals surface area contributed by atoms with Gasteiger partial charge in [0.25, 0.3) is 6.71 Å². The van der Waals surface area contributed by atoms with Crippen molar-refractivity contribution in [2.75, 3.05) is 9.80 Å². The standard InChI is InChI=1S/C90H64BN3Si2/c1-9-31-65(32-10-1)66-55-57-68(58-56-66)94-88-63-70(93-84-53-27-25-49-80(84)81-50-26-28-54-85(81)93)62-87-89(88)91(83-52-30-51-79(90(83)94)67-33-11-2-12-34-67)82-60-59-78(96(74-42-19-6-20-43-74,75-44-21-7-22-45-75)76-46-23-8-24-47-76)64-86(82)92(87)69-35-29-48-77(61-69)95(71-36-13-3-14-37-71,72-38-15-4-16-39-72)73-40-17-5-18-41-73/h1-64H. The Morgan fingerprint density at radius 1 is 0.229 bits per heavy atom. The summed E-state index contributed by atoms with van der Waals surface area (Å²) in [5.41, 5.74) is 18.6. The van der Waals surface area contributed by atoms with E-state index in [2.05, 4.69) is 403 Å². The number of hydrogen-bond donors (Lipinski definition) is 0. The molecule has 15 aromatic carbocycles. The molecular weight excluding hydrogens is 1190 g/mol. The molecule has 6 heteroatoms. The van der Waals surface area contributed by atoms with E-state index in [0.29, 0.717) is 0 Å². The Morgan fingerprint density at radius 3 is 1.11 bits per heavy atom. The van der Waals surface area contributed by atoms with E-state index in [0.717, 1.165) is 45.2 Å². The third-order valence-corrected chi connectivity index (χ3v) is 30.0. The van der Waals surface area contributed by atoms with E-state index in [4.69, 9.17) is 0 Å². The molecule has 0 saturated carbocycles. The van der Waals surface area contributed by atoms with E-state index in [-0.39, 0.29) is 6.71 Å². The van der Waals surface area contributed by atoms with Gasteiger partial charge in [-0.25, -0.2) is 0 Å². The predicted molar refractivity (Wildman–Crippen MR) is 413 cm³/mol. The number of fused-ring (bicyclic) bond motifs is 7. The molecule has 2 aliphatic heterocycles. The zero-order valence-corrected chi connectivity index (χ0v) is 54.9. The molecule has 0 unspecified atom stereocenters. The second kappa shape index (κ2) is 23.6. The van der Waals surface area contributed by atoms with Crippen molar-refractivity contribution < 1.29 is 0 Å². The first kappa shape index (κ1) is 56.9. The fourth-order valence-electron chi connectivity index (χ4n) is 16.4. The van der Waals surface area contributed by atoms with Crippen LogP contribution in [0.25, 0.3) is 49.7 Å². The van der Waals surface area contributed by atoms with E-state index in [9.17, 15) is 0 Å².